The van der Waals surface area contributed by atoms with E-state index in [1.54, 1.807) is 6.07 Å². The number of benzene rings is 1. The number of halogens is 2. The molecule has 0 aliphatic heterocycles. The van der Waals surface area contributed by atoms with E-state index in [1.807, 2.05) is 6.07 Å². The van der Waals surface area contributed by atoms with Gasteiger partial charge in [-0.25, -0.2) is 4.39 Å². The second-order valence-electron chi connectivity index (χ2n) is 4.88. The van der Waals surface area contributed by atoms with E-state index in [0.717, 1.165) is 23.2 Å². The summed E-state index contributed by atoms with van der Waals surface area (Å²) in [6.07, 6.45) is 6.13. The van der Waals surface area contributed by atoms with Crippen molar-refractivity contribution in [2.24, 2.45) is 5.92 Å². The second kappa shape index (κ2) is 5.85. The molecule has 2 atom stereocenters. The Morgan fingerprint density at radius 2 is 2.24 bits per heavy atom. The average Bonchev–Trinajstić information content (AvgIpc) is 2.34. The molecule has 1 N–H and O–H groups in total. The third-order valence-corrected chi connectivity index (χ3v) is 4.33. The highest BCUT2D eigenvalue weighted by molar-refractivity contribution is 9.10. The molecular weight excluding hydrogens is 281 g/mol. The van der Waals surface area contributed by atoms with Gasteiger partial charge >= 0.3 is 0 Å². The third kappa shape index (κ3) is 3.21. The van der Waals surface area contributed by atoms with Crippen LogP contribution in [0.25, 0.3) is 0 Å². The zero-order chi connectivity index (χ0) is 12.3. The van der Waals surface area contributed by atoms with Crippen LogP contribution in [0, 0.1) is 11.7 Å². The molecule has 0 saturated heterocycles. The van der Waals surface area contributed by atoms with E-state index in [9.17, 15) is 4.39 Å². The molecular formula is C14H19BrFN. The molecule has 0 spiro atoms. The minimum atomic E-state index is -0.169. The Bertz CT molecular complexity index is 360. The summed E-state index contributed by atoms with van der Waals surface area (Å²) in [5.74, 6) is 0.629. The first-order chi connectivity index (χ1) is 8.20. The van der Waals surface area contributed by atoms with Crippen LogP contribution in [0.4, 0.5) is 10.1 Å². The van der Waals surface area contributed by atoms with Crippen LogP contribution in [-0.4, -0.2) is 6.04 Å². The zero-order valence-electron chi connectivity index (χ0n) is 10.2. The zero-order valence-corrected chi connectivity index (χ0v) is 11.8. The quantitative estimate of drug-likeness (QED) is 0.831. The largest absolute Gasteiger partial charge is 0.379 e. The Hall–Kier alpha value is -0.570. The smallest absolute Gasteiger partial charge is 0.147 e. The molecule has 1 aromatic carbocycles. The molecule has 3 heteroatoms. The lowest BCUT2D eigenvalue weighted by Gasteiger charge is -2.30. The first kappa shape index (κ1) is 12.9. The van der Waals surface area contributed by atoms with Gasteiger partial charge in [-0.1, -0.05) is 32.3 Å². The van der Waals surface area contributed by atoms with Crippen molar-refractivity contribution in [3.8, 4) is 0 Å². The fourth-order valence-electron chi connectivity index (χ4n) is 2.63. The third-order valence-electron chi connectivity index (χ3n) is 3.67. The molecule has 0 amide bonds. The highest BCUT2D eigenvalue weighted by Gasteiger charge is 2.21. The van der Waals surface area contributed by atoms with Crippen LogP contribution in [0.3, 0.4) is 0 Å². The van der Waals surface area contributed by atoms with Gasteiger partial charge in [-0.2, -0.15) is 0 Å². The summed E-state index contributed by atoms with van der Waals surface area (Å²) in [4.78, 5) is 0. The Morgan fingerprint density at radius 3 is 2.94 bits per heavy atom. The van der Waals surface area contributed by atoms with E-state index in [-0.39, 0.29) is 5.82 Å². The van der Waals surface area contributed by atoms with Gasteiger partial charge in [-0.3, -0.25) is 0 Å². The lowest BCUT2D eigenvalue weighted by molar-refractivity contribution is 0.327. The molecule has 0 radical (unpaired) electrons. The minimum absolute atomic E-state index is 0.169. The maximum atomic E-state index is 13.7. The topological polar surface area (TPSA) is 12.0 Å². The maximum absolute atomic E-state index is 13.7. The fraction of sp³-hybridized carbons (Fsp3) is 0.571. The van der Waals surface area contributed by atoms with Gasteiger partial charge in [0, 0.05) is 10.5 Å². The van der Waals surface area contributed by atoms with Crippen LogP contribution in [0.15, 0.2) is 22.7 Å². The van der Waals surface area contributed by atoms with E-state index >= 15 is 0 Å². The number of nitrogens with one attached hydrogen (secondary N) is 1. The van der Waals surface area contributed by atoms with Crippen LogP contribution in [0.2, 0.25) is 0 Å². The first-order valence-electron chi connectivity index (χ1n) is 6.41. The van der Waals surface area contributed by atoms with Crippen molar-refractivity contribution >= 4 is 21.6 Å². The summed E-state index contributed by atoms with van der Waals surface area (Å²) in [5.41, 5.74) is 0.620. The molecule has 1 saturated carbocycles. The van der Waals surface area contributed by atoms with Crippen molar-refractivity contribution in [2.45, 2.75) is 45.1 Å². The van der Waals surface area contributed by atoms with Crippen LogP contribution < -0.4 is 5.32 Å². The van der Waals surface area contributed by atoms with Crippen LogP contribution in [0.1, 0.15) is 39.0 Å². The molecule has 2 rings (SSSR count). The Labute approximate surface area is 111 Å². The number of anilines is 1. The van der Waals surface area contributed by atoms with Crippen LogP contribution in [0.5, 0.6) is 0 Å². The molecule has 94 valence electrons. The Kier molecular flexibility index (Phi) is 4.43. The van der Waals surface area contributed by atoms with Crippen molar-refractivity contribution in [1.29, 1.82) is 0 Å². The predicted octanol–water partition coefficient (Wildman–Crippen LogP) is 4.97. The van der Waals surface area contributed by atoms with E-state index < -0.39 is 0 Å². The van der Waals surface area contributed by atoms with E-state index in [4.69, 9.17) is 0 Å². The maximum Gasteiger partial charge on any atom is 0.147 e. The van der Waals surface area contributed by atoms with Gasteiger partial charge in [0.25, 0.3) is 0 Å². The highest BCUT2D eigenvalue weighted by atomic mass is 79.9. The molecule has 17 heavy (non-hydrogen) atoms. The number of hydrogen-bond acceptors (Lipinski definition) is 1. The lowest BCUT2D eigenvalue weighted by atomic mass is 9.84. The fourth-order valence-corrected chi connectivity index (χ4v) is 3.09. The Balaban J connectivity index is 2.05. The van der Waals surface area contributed by atoms with Crippen LogP contribution in [-0.2, 0) is 0 Å². The number of para-hydroxylation sites is 1. The molecule has 1 fully saturated rings. The highest BCUT2D eigenvalue weighted by Crippen LogP contribution is 2.32. The van der Waals surface area contributed by atoms with Gasteiger partial charge in [0.05, 0.1) is 5.69 Å². The Morgan fingerprint density at radius 1 is 1.41 bits per heavy atom. The second-order valence-corrected chi connectivity index (χ2v) is 5.73. The van der Waals surface area contributed by atoms with E-state index in [0.29, 0.717) is 11.7 Å². The van der Waals surface area contributed by atoms with Gasteiger partial charge in [0.2, 0.25) is 0 Å². The first-order valence-corrected chi connectivity index (χ1v) is 7.20. The van der Waals surface area contributed by atoms with Crippen molar-refractivity contribution < 1.29 is 4.39 Å². The molecule has 1 aliphatic rings. The molecule has 0 bridgehead atoms. The van der Waals surface area contributed by atoms with Gasteiger partial charge < -0.3 is 5.32 Å². The molecule has 2 unspecified atom stereocenters. The van der Waals surface area contributed by atoms with Gasteiger partial charge in [0.15, 0.2) is 0 Å². The van der Waals surface area contributed by atoms with Gasteiger partial charge in [-0.05, 0) is 46.8 Å². The summed E-state index contributed by atoms with van der Waals surface area (Å²) < 4.78 is 14.5. The predicted molar refractivity (Wildman–Crippen MR) is 73.8 cm³/mol. The summed E-state index contributed by atoms with van der Waals surface area (Å²) in [7, 11) is 0. The standard InChI is InChI=1S/C14H19BrFN/c1-2-10-5-3-6-11(9-10)17-14-12(15)7-4-8-13(14)16/h4,7-8,10-11,17H,2-3,5-6,9H2,1H3. The summed E-state index contributed by atoms with van der Waals surface area (Å²) >= 11 is 3.40. The summed E-state index contributed by atoms with van der Waals surface area (Å²) in [6.45, 7) is 2.24. The molecule has 1 nitrogen and oxygen atoms in total. The van der Waals surface area contributed by atoms with E-state index in [1.165, 1.54) is 25.3 Å². The summed E-state index contributed by atoms with van der Waals surface area (Å²) in [5, 5.41) is 3.36. The van der Waals surface area contributed by atoms with Crippen molar-refractivity contribution in [2.75, 3.05) is 5.32 Å². The summed E-state index contributed by atoms with van der Waals surface area (Å²) in [6, 6.07) is 5.53. The number of rotatable bonds is 3. The molecule has 0 heterocycles. The van der Waals surface area contributed by atoms with Gasteiger partial charge in [0.1, 0.15) is 5.82 Å². The van der Waals surface area contributed by atoms with Crippen molar-refractivity contribution in [3.63, 3.8) is 0 Å². The van der Waals surface area contributed by atoms with E-state index in [2.05, 4.69) is 28.2 Å². The minimum Gasteiger partial charge on any atom is -0.379 e. The monoisotopic (exact) mass is 299 g/mol. The SMILES string of the molecule is CCC1CCCC(Nc2c(F)cccc2Br)C1. The van der Waals surface area contributed by atoms with Gasteiger partial charge in [-0.15, -0.1) is 0 Å². The average molecular weight is 300 g/mol. The normalized spacial score (nSPS) is 24.6. The van der Waals surface area contributed by atoms with Crippen molar-refractivity contribution in [3.05, 3.63) is 28.5 Å². The van der Waals surface area contributed by atoms with Crippen molar-refractivity contribution in [1.82, 2.24) is 0 Å². The number of hydrogen-bond donors (Lipinski definition) is 1. The molecule has 0 aromatic heterocycles. The lowest BCUT2D eigenvalue weighted by Crippen LogP contribution is -2.27. The molecule has 1 aromatic rings. The molecule has 1 aliphatic carbocycles. The van der Waals surface area contributed by atoms with Crippen LogP contribution >= 0.6 is 15.9 Å².